The van der Waals surface area contributed by atoms with Crippen molar-refractivity contribution in [2.75, 3.05) is 13.3 Å². The maximum absolute atomic E-state index is 11.1. The molecule has 1 aliphatic rings. The summed E-state index contributed by atoms with van der Waals surface area (Å²) in [6.07, 6.45) is -0.00685. The molecule has 3 N–H and O–H groups in total. The van der Waals surface area contributed by atoms with Crippen molar-refractivity contribution in [2.24, 2.45) is 5.92 Å². The van der Waals surface area contributed by atoms with E-state index < -0.39 is 26.0 Å². The molecule has 7 nitrogen and oxygen atoms in total. The molecule has 136 valence electrons. The molecule has 1 saturated carbocycles. The van der Waals surface area contributed by atoms with E-state index in [1.165, 1.54) is 7.11 Å². The summed E-state index contributed by atoms with van der Waals surface area (Å²) in [5.74, 6) is -0.0166. The Morgan fingerprint density at radius 3 is 2.26 bits per heavy atom. The van der Waals surface area contributed by atoms with Crippen LogP contribution in [0, 0.1) is 5.92 Å². The van der Waals surface area contributed by atoms with E-state index in [4.69, 9.17) is 35.4 Å². The minimum Gasteiger partial charge on any atom is -0.378 e. The monoisotopic (exact) mass is 388 g/mol. The van der Waals surface area contributed by atoms with Crippen molar-refractivity contribution in [1.29, 1.82) is 0 Å². The van der Waals surface area contributed by atoms with E-state index in [9.17, 15) is 9.46 Å². The lowest BCUT2D eigenvalue weighted by Gasteiger charge is -2.31. The Kier molecular flexibility index (Phi) is 7.51. The zero-order valence-corrected chi connectivity index (χ0v) is 16.8. The Labute approximate surface area is 143 Å². The molecule has 1 aliphatic carbocycles. The Morgan fingerprint density at radius 1 is 1.26 bits per heavy atom. The molecule has 0 aromatic carbocycles. The third-order valence-corrected chi connectivity index (χ3v) is 6.34. The zero-order chi connectivity index (χ0) is 18.1. The van der Waals surface area contributed by atoms with Crippen LogP contribution in [0.3, 0.4) is 0 Å². The van der Waals surface area contributed by atoms with Crippen molar-refractivity contribution >= 4 is 34.0 Å². The summed E-state index contributed by atoms with van der Waals surface area (Å²) in [6.45, 7) is 1.91. The van der Waals surface area contributed by atoms with Gasteiger partial charge in [-0.25, -0.2) is 0 Å². The maximum atomic E-state index is 11.1. The van der Waals surface area contributed by atoms with Crippen LogP contribution in [0.5, 0.6) is 0 Å². The minimum absolute atomic E-state index is 0.0414. The number of hydrogen-bond acceptors (Lipinski definition) is 5. The van der Waals surface area contributed by atoms with Crippen molar-refractivity contribution in [3.05, 3.63) is 0 Å². The van der Waals surface area contributed by atoms with Crippen LogP contribution >= 0.6 is 14.3 Å². The quantitative estimate of drug-likeness (QED) is 0.445. The summed E-state index contributed by atoms with van der Waals surface area (Å²) in [6, 6.07) is 0. The van der Waals surface area contributed by atoms with Crippen molar-refractivity contribution in [2.45, 2.75) is 57.2 Å². The highest BCUT2D eigenvalue weighted by Crippen LogP contribution is 2.54. The van der Waals surface area contributed by atoms with Gasteiger partial charge in [0.25, 0.3) is 0 Å². The van der Waals surface area contributed by atoms with E-state index in [-0.39, 0.29) is 24.0 Å². The topological polar surface area (TPSA) is 105 Å². The Balaban J connectivity index is 2.78. The van der Waals surface area contributed by atoms with Crippen molar-refractivity contribution in [3.8, 4) is 0 Å². The molecule has 1 rings (SSSR count). The van der Waals surface area contributed by atoms with Gasteiger partial charge >= 0.3 is 14.3 Å². The number of ether oxygens (including phenoxy) is 1. The predicted molar refractivity (Wildman–Crippen MR) is 94.9 cm³/mol. The van der Waals surface area contributed by atoms with E-state index >= 15 is 0 Å². The average Bonchev–Trinajstić information content (AvgIpc) is 2.58. The summed E-state index contributed by atoms with van der Waals surface area (Å²) in [5.41, 5.74) is -0.630. The largest absolute Gasteiger partial charge is 0.378 e. The molecule has 0 aromatic heterocycles. The fourth-order valence-electron chi connectivity index (χ4n) is 2.97. The SMILES string of the molecule is B[C@H]1C[C@H](CCP(=O)(O)O)[C@@H](OC)[C@H]1OP(O)(=S)OC(C)(C)C. The molecule has 5 atom stereocenters. The highest BCUT2D eigenvalue weighted by Gasteiger charge is 2.45. The summed E-state index contributed by atoms with van der Waals surface area (Å²) < 4.78 is 27.7. The van der Waals surface area contributed by atoms with Gasteiger partial charge in [-0.1, -0.05) is 0 Å². The van der Waals surface area contributed by atoms with Gasteiger partial charge in [-0.05, 0) is 57.2 Å². The van der Waals surface area contributed by atoms with Gasteiger partial charge in [-0.3, -0.25) is 4.57 Å². The van der Waals surface area contributed by atoms with Crippen LogP contribution in [0.4, 0.5) is 0 Å². The molecule has 1 fully saturated rings. The lowest BCUT2D eigenvalue weighted by Crippen LogP contribution is -2.32. The van der Waals surface area contributed by atoms with Gasteiger partial charge < -0.3 is 28.5 Å². The van der Waals surface area contributed by atoms with Crippen LogP contribution in [0.1, 0.15) is 33.6 Å². The summed E-state index contributed by atoms with van der Waals surface area (Å²) in [4.78, 5) is 28.4. The molecule has 11 heteroatoms. The van der Waals surface area contributed by atoms with Crippen LogP contribution in [-0.4, -0.2) is 53.6 Å². The van der Waals surface area contributed by atoms with Crippen molar-refractivity contribution in [1.82, 2.24) is 0 Å². The van der Waals surface area contributed by atoms with Crippen LogP contribution in [-0.2, 0) is 30.2 Å². The average molecular weight is 388 g/mol. The molecule has 0 aromatic rings. The molecule has 0 saturated heterocycles. The molecule has 1 unspecified atom stereocenters. The lowest BCUT2D eigenvalue weighted by molar-refractivity contribution is -0.0174. The van der Waals surface area contributed by atoms with Gasteiger partial charge in [0, 0.05) is 7.11 Å². The van der Waals surface area contributed by atoms with Crippen LogP contribution in [0.25, 0.3) is 0 Å². The Morgan fingerprint density at radius 2 is 1.83 bits per heavy atom. The minimum atomic E-state index is -4.05. The van der Waals surface area contributed by atoms with Crippen LogP contribution < -0.4 is 0 Å². The first kappa shape index (κ1) is 21.7. The van der Waals surface area contributed by atoms with Crippen molar-refractivity contribution in [3.63, 3.8) is 0 Å². The second-order valence-electron chi connectivity index (χ2n) is 7.09. The number of rotatable bonds is 7. The summed E-state index contributed by atoms with van der Waals surface area (Å²) in [5, 5.41) is 0. The fourth-order valence-corrected chi connectivity index (χ4v) is 5.97. The van der Waals surface area contributed by atoms with E-state index in [0.717, 1.165) is 0 Å². The van der Waals surface area contributed by atoms with Gasteiger partial charge in [0.15, 0.2) is 0 Å². The first-order valence-corrected chi connectivity index (χ1v) is 11.9. The van der Waals surface area contributed by atoms with E-state index in [0.29, 0.717) is 12.8 Å². The first-order chi connectivity index (χ1) is 10.2. The lowest BCUT2D eigenvalue weighted by atomic mass is 9.83. The van der Waals surface area contributed by atoms with Crippen molar-refractivity contribution < 1.29 is 33.0 Å². The van der Waals surface area contributed by atoms with Gasteiger partial charge in [0.1, 0.15) is 7.85 Å². The second-order valence-corrected chi connectivity index (χ2v) is 11.6. The fraction of sp³-hybridized carbons (Fsp3) is 1.00. The molecule has 0 aliphatic heterocycles. The first-order valence-electron chi connectivity index (χ1n) is 7.53. The highest BCUT2D eigenvalue weighted by atomic mass is 32.5. The molecule has 0 heterocycles. The number of methoxy groups -OCH3 is 1. The highest BCUT2D eigenvalue weighted by molar-refractivity contribution is 8.07. The summed E-state index contributed by atoms with van der Waals surface area (Å²) >= 11 is 5.09. The normalized spacial score (nSPS) is 32.0. The molecular weight excluding hydrogens is 361 g/mol. The predicted octanol–water partition coefficient (Wildman–Crippen LogP) is 1.43. The summed E-state index contributed by atoms with van der Waals surface area (Å²) in [7, 11) is -0.580. The molecule has 0 spiro atoms. The van der Waals surface area contributed by atoms with Crippen LogP contribution in [0.15, 0.2) is 0 Å². The molecule has 0 amide bonds. The van der Waals surface area contributed by atoms with Crippen LogP contribution in [0.2, 0.25) is 5.82 Å². The Bertz CT molecular complexity index is 492. The molecule has 0 radical (unpaired) electrons. The van der Waals surface area contributed by atoms with Gasteiger partial charge in [-0.15, -0.1) is 0 Å². The maximum Gasteiger partial charge on any atom is 0.325 e. The molecular formula is C12H27BO7P2S. The Hall–Kier alpha value is 0.705. The van der Waals surface area contributed by atoms with Gasteiger partial charge in [0.05, 0.1) is 24.0 Å². The van der Waals surface area contributed by atoms with Gasteiger partial charge in [-0.2, -0.15) is 0 Å². The second kappa shape index (κ2) is 7.94. The van der Waals surface area contributed by atoms with E-state index in [1.807, 2.05) is 7.85 Å². The third-order valence-electron chi connectivity index (χ3n) is 3.73. The third kappa shape index (κ3) is 7.64. The molecule has 23 heavy (non-hydrogen) atoms. The van der Waals surface area contributed by atoms with Gasteiger partial charge in [0.2, 0.25) is 0 Å². The standard InChI is InChI=1S/C12H27BO7P2S/c1-12(2,3)20-22(17,23)19-11-9(13)7-8(10(11)18-4)5-6-21(14,15)16/h8-11H,5-7,13H2,1-4H3,(H,17,23)(H2,14,15,16)/t8-,9-,10+,11-,22?/m0/s1. The zero-order valence-electron chi connectivity index (χ0n) is 14.2. The van der Waals surface area contributed by atoms with E-state index in [2.05, 4.69) is 0 Å². The number of hydrogen-bond donors (Lipinski definition) is 3. The van der Waals surface area contributed by atoms with E-state index in [1.54, 1.807) is 20.8 Å². The molecule has 0 bridgehead atoms. The smallest absolute Gasteiger partial charge is 0.325 e.